The molecule has 0 heterocycles. The number of halogens is 1. The third kappa shape index (κ3) is 6.47. The van der Waals surface area contributed by atoms with Crippen LogP contribution in [0.2, 0.25) is 5.02 Å². The van der Waals surface area contributed by atoms with E-state index in [0.29, 0.717) is 16.0 Å². The normalized spacial score (nSPS) is 23.5. The molecule has 0 aliphatic heterocycles. The van der Waals surface area contributed by atoms with Gasteiger partial charge in [-0.05, 0) is 93.6 Å². The number of aryl methyl sites for hydroxylation is 1. The zero-order valence-electron chi connectivity index (χ0n) is 19.1. The number of hydrogen-bond donors (Lipinski definition) is 1. The monoisotopic (exact) mass is 432 g/mol. The van der Waals surface area contributed by atoms with E-state index in [1.165, 1.54) is 76.4 Å². The van der Waals surface area contributed by atoms with Crippen LogP contribution in [0.15, 0.2) is 18.2 Å². The Morgan fingerprint density at radius 3 is 2.50 bits per heavy atom. The maximum Gasteiger partial charge on any atom is 0.252 e. The smallest absolute Gasteiger partial charge is 0.252 e. The van der Waals surface area contributed by atoms with Crippen LogP contribution in [0.4, 0.5) is 0 Å². The van der Waals surface area contributed by atoms with Crippen molar-refractivity contribution in [1.82, 2.24) is 10.2 Å². The van der Waals surface area contributed by atoms with Crippen LogP contribution in [0.25, 0.3) is 0 Å². The van der Waals surface area contributed by atoms with Crippen molar-refractivity contribution in [3.05, 3.63) is 34.3 Å². The van der Waals surface area contributed by atoms with Crippen LogP contribution >= 0.6 is 11.6 Å². The van der Waals surface area contributed by atoms with Gasteiger partial charge in [0.05, 0.1) is 10.6 Å². The molecule has 2 bridgehead atoms. The molecule has 2 saturated carbocycles. The van der Waals surface area contributed by atoms with Crippen molar-refractivity contribution in [2.24, 2.45) is 11.3 Å². The highest BCUT2D eigenvalue weighted by Gasteiger charge is 2.39. The molecule has 0 atom stereocenters. The van der Waals surface area contributed by atoms with E-state index in [4.69, 9.17) is 11.6 Å². The second kappa shape index (κ2) is 11.5. The minimum atomic E-state index is 0.00233. The standard InChI is InChI=1S/C26H41ClN2O/c1-3-15-29(16-4-2)17-7-10-21-11-12-24(27)23(18-21)25(30)28-20-26-13-5-8-22(19-26)9-6-14-26/h11-12,18,22H,3-10,13-17,19-20H2,1-2H3,(H,28,30). The fourth-order valence-corrected chi connectivity index (χ4v) is 6.01. The second-order valence-electron chi connectivity index (χ2n) is 9.80. The molecule has 2 aliphatic carbocycles. The van der Waals surface area contributed by atoms with E-state index in [0.717, 1.165) is 31.8 Å². The van der Waals surface area contributed by atoms with Gasteiger partial charge in [0.15, 0.2) is 0 Å². The number of nitrogens with zero attached hydrogens (tertiary/aromatic N) is 1. The molecule has 0 radical (unpaired) electrons. The van der Waals surface area contributed by atoms with Crippen molar-refractivity contribution < 1.29 is 4.79 Å². The van der Waals surface area contributed by atoms with E-state index < -0.39 is 0 Å². The lowest BCUT2D eigenvalue weighted by Gasteiger charge is -2.45. The largest absolute Gasteiger partial charge is 0.351 e. The third-order valence-corrected chi connectivity index (χ3v) is 7.61. The molecule has 4 heteroatoms. The van der Waals surface area contributed by atoms with Crippen LogP contribution in [-0.4, -0.2) is 37.0 Å². The lowest BCUT2D eigenvalue weighted by Crippen LogP contribution is -2.43. The Bertz CT molecular complexity index is 674. The molecule has 2 fully saturated rings. The summed E-state index contributed by atoms with van der Waals surface area (Å²) in [5, 5.41) is 3.83. The summed E-state index contributed by atoms with van der Waals surface area (Å²) in [5.41, 5.74) is 2.20. The molecule has 1 aromatic rings. The molecule has 0 unspecified atom stereocenters. The topological polar surface area (TPSA) is 32.3 Å². The van der Waals surface area contributed by atoms with Crippen molar-refractivity contribution in [3.63, 3.8) is 0 Å². The van der Waals surface area contributed by atoms with Gasteiger partial charge >= 0.3 is 0 Å². The summed E-state index contributed by atoms with van der Waals surface area (Å²) >= 11 is 6.41. The number of carbonyl (C=O) groups is 1. The van der Waals surface area contributed by atoms with E-state index in [9.17, 15) is 4.79 Å². The van der Waals surface area contributed by atoms with Crippen molar-refractivity contribution in [2.45, 2.75) is 84.5 Å². The molecule has 168 valence electrons. The van der Waals surface area contributed by atoms with E-state index in [2.05, 4.69) is 30.1 Å². The van der Waals surface area contributed by atoms with E-state index >= 15 is 0 Å². The average molecular weight is 433 g/mol. The Kier molecular flexibility index (Phi) is 9.07. The van der Waals surface area contributed by atoms with Crippen LogP contribution < -0.4 is 5.32 Å². The zero-order valence-corrected chi connectivity index (χ0v) is 19.9. The zero-order chi connectivity index (χ0) is 21.4. The average Bonchev–Trinajstić information content (AvgIpc) is 2.74. The van der Waals surface area contributed by atoms with Gasteiger partial charge in [-0.2, -0.15) is 0 Å². The first-order valence-electron chi connectivity index (χ1n) is 12.3. The molecule has 3 rings (SSSR count). The summed E-state index contributed by atoms with van der Waals surface area (Å²) in [7, 11) is 0. The number of rotatable bonds is 11. The lowest BCUT2D eigenvalue weighted by molar-refractivity contribution is 0.0681. The van der Waals surface area contributed by atoms with E-state index in [1.807, 2.05) is 12.1 Å². The highest BCUT2D eigenvalue weighted by atomic mass is 35.5. The quantitative estimate of drug-likeness (QED) is 0.433. The first kappa shape index (κ1) is 23.6. The minimum Gasteiger partial charge on any atom is -0.351 e. The van der Waals surface area contributed by atoms with Gasteiger partial charge < -0.3 is 10.2 Å². The van der Waals surface area contributed by atoms with Crippen LogP contribution in [0.3, 0.4) is 0 Å². The molecule has 0 spiro atoms. The number of nitrogens with one attached hydrogen (secondary N) is 1. The number of benzene rings is 1. The predicted octanol–water partition coefficient (Wildman–Crippen LogP) is 6.48. The van der Waals surface area contributed by atoms with Gasteiger partial charge in [0.25, 0.3) is 5.91 Å². The molecular formula is C26H41ClN2O. The Morgan fingerprint density at radius 1 is 1.13 bits per heavy atom. The first-order valence-corrected chi connectivity index (χ1v) is 12.7. The summed E-state index contributed by atoms with van der Waals surface area (Å²) in [4.78, 5) is 15.5. The molecule has 0 saturated heterocycles. The summed E-state index contributed by atoms with van der Waals surface area (Å²) in [5.74, 6) is 0.888. The number of amides is 1. The third-order valence-electron chi connectivity index (χ3n) is 7.28. The first-order chi connectivity index (χ1) is 14.5. The summed E-state index contributed by atoms with van der Waals surface area (Å²) < 4.78 is 0. The maximum absolute atomic E-state index is 13.0. The number of hydrogen-bond acceptors (Lipinski definition) is 2. The van der Waals surface area contributed by atoms with Gasteiger partial charge in [-0.1, -0.05) is 57.2 Å². The lowest BCUT2D eigenvalue weighted by atomic mass is 9.62. The van der Waals surface area contributed by atoms with Crippen molar-refractivity contribution in [2.75, 3.05) is 26.2 Å². The molecule has 1 N–H and O–H groups in total. The molecule has 0 aromatic heterocycles. The van der Waals surface area contributed by atoms with Gasteiger partial charge in [-0.15, -0.1) is 0 Å². The second-order valence-corrected chi connectivity index (χ2v) is 10.2. The molecule has 1 amide bonds. The Labute approximate surface area is 188 Å². The minimum absolute atomic E-state index is 0.00233. The van der Waals surface area contributed by atoms with Crippen molar-refractivity contribution in [1.29, 1.82) is 0 Å². The number of carbonyl (C=O) groups excluding carboxylic acids is 1. The fourth-order valence-electron chi connectivity index (χ4n) is 5.81. The van der Waals surface area contributed by atoms with Crippen LogP contribution in [-0.2, 0) is 6.42 Å². The fraction of sp³-hybridized carbons (Fsp3) is 0.731. The summed E-state index contributed by atoms with van der Waals surface area (Å²) in [6.45, 7) is 8.76. The van der Waals surface area contributed by atoms with Crippen LogP contribution in [0.5, 0.6) is 0 Å². The van der Waals surface area contributed by atoms with Gasteiger partial charge in [-0.3, -0.25) is 4.79 Å². The number of fused-ring (bicyclic) bond motifs is 2. The Balaban J connectivity index is 1.54. The molecule has 1 aromatic carbocycles. The highest BCUT2D eigenvalue weighted by molar-refractivity contribution is 6.33. The van der Waals surface area contributed by atoms with E-state index in [-0.39, 0.29) is 5.91 Å². The Morgan fingerprint density at radius 2 is 1.83 bits per heavy atom. The SMILES string of the molecule is CCCN(CCC)CCCc1ccc(Cl)c(C(=O)NCC23CCCC(CCC2)C3)c1. The van der Waals surface area contributed by atoms with Gasteiger partial charge in [0, 0.05) is 6.54 Å². The predicted molar refractivity (Wildman–Crippen MR) is 127 cm³/mol. The highest BCUT2D eigenvalue weighted by Crippen LogP contribution is 2.48. The molecular weight excluding hydrogens is 392 g/mol. The van der Waals surface area contributed by atoms with E-state index in [1.54, 1.807) is 0 Å². The van der Waals surface area contributed by atoms with Crippen molar-refractivity contribution >= 4 is 17.5 Å². The van der Waals surface area contributed by atoms with Gasteiger partial charge in [-0.25, -0.2) is 0 Å². The van der Waals surface area contributed by atoms with Gasteiger partial charge in [0.1, 0.15) is 0 Å². The molecule has 3 nitrogen and oxygen atoms in total. The van der Waals surface area contributed by atoms with Gasteiger partial charge in [0.2, 0.25) is 0 Å². The van der Waals surface area contributed by atoms with Crippen molar-refractivity contribution in [3.8, 4) is 0 Å². The molecule has 30 heavy (non-hydrogen) atoms. The Hall–Kier alpha value is -1.06. The summed E-state index contributed by atoms with van der Waals surface area (Å²) in [6.07, 6.45) is 13.8. The van der Waals surface area contributed by atoms with Crippen LogP contribution in [0.1, 0.15) is 94.0 Å². The summed E-state index contributed by atoms with van der Waals surface area (Å²) in [6, 6.07) is 6.00. The maximum atomic E-state index is 13.0. The molecule has 2 aliphatic rings. The van der Waals surface area contributed by atoms with Crippen LogP contribution in [0, 0.1) is 11.3 Å².